The quantitative estimate of drug-likeness (QED) is 0.715. The molecule has 0 spiro atoms. The van der Waals surface area contributed by atoms with E-state index in [1.165, 1.54) is 30.2 Å². The standard InChI is InChI=1S/C20H26N4O2S/c1-14-10-23(11-15(2)26-14)18(25)13-27-20-22-21-19(17-8-9-17)24(20)12-16-6-4-3-5-7-16/h3-7,14-15,17H,8-13H2,1-2H3/t14-,15-/m1/s1. The van der Waals surface area contributed by atoms with Crippen LogP contribution in [0.15, 0.2) is 35.5 Å². The number of thioether (sulfide) groups is 1. The first-order valence-electron chi connectivity index (χ1n) is 9.63. The van der Waals surface area contributed by atoms with Crippen LogP contribution in [0.25, 0.3) is 0 Å². The first-order valence-corrected chi connectivity index (χ1v) is 10.6. The van der Waals surface area contributed by atoms with E-state index < -0.39 is 0 Å². The Hall–Kier alpha value is -1.86. The molecule has 2 aromatic rings. The lowest BCUT2D eigenvalue weighted by Crippen LogP contribution is -2.48. The molecule has 2 atom stereocenters. The molecule has 4 rings (SSSR count). The molecular weight excluding hydrogens is 360 g/mol. The highest BCUT2D eigenvalue weighted by molar-refractivity contribution is 7.99. The zero-order chi connectivity index (χ0) is 18.8. The van der Waals surface area contributed by atoms with E-state index in [9.17, 15) is 4.79 Å². The van der Waals surface area contributed by atoms with Gasteiger partial charge < -0.3 is 14.2 Å². The Balaban J connectivity index is 1.45. The molecule has 2 heterocycles. The van der Waals surface area contributed by atoms with E-state index in [-0.39, 0.29) is 18.1 Å². The SMILES string of the molecule is C[C@@H]1CN(C(=O)CSc2nnc(C3CC3)n2Cc2ccccc2)C[C@@H](C)O1. The smallest absolute Gasteiger partial charge is 0.233 e. The fourth-order valence-corrected chi connectivity index (χ4v) is 4.41. The molecule has 27 heavy (non-hydrogen) atoms. The Morgan fingerprint density at radius 1 is 1.15 bits per heavy atom. The zero-order valence-electron chi connectivity index (χ0n) is 15.9. The summed E-state index contributed by atoms with van der Waals surface area (Å²) in [6.45, 7) is 6.10. The van der Waals surface area contributed by atoms with Crippen LogP contribution in [0.3, 0.4) is 0 Å². The van der Waals surface area contributed by atoms with E-state index in [4.69, 9.17) is 4.74 Å². The molecule has 1 saturated heterocycles. The summed E-state index contributed by atoms with van der Waals surface area (Å²) in [5, 5.41) is 9.67. The Morgan fingerprint density at radius 3 is 2.52 bits per heavy atom. The Morgan fingerprint density at radius 2 is 1.85 bits per heavy atom. The van der Waals surface area contributed by atoms with Crippen molar-refractivity contribution >= 4 is 17.7 Å². The maximum absolute atomic E-state index is 12.7. The summed E-state index contributed by atoms with van der Waals surface area (Å²) >= 11 is 1.49. The largest absolute Gasteiger partial charge is 0.372 e. The zero-order valence-corrected chi connectivity index (χ0v) is 16.7. The number of carbonyl (C=O) groups is 1. The van der Waals surface area contributed by atoms with Crippen molar-refractivity contribution < 1.29 is 9.53 Å². The van der Waals surface area contributed by atoms with Gasteiger partial charge in [0.2, 0.25) is 5.91 Å². The molecule has 0 radical (unpaired) electrons. The molecule has 1 aliphatic heterocycles. The van der Waals surface area contributed by atoms with Crippen molar-refractivity contribution in [2.75, 3.05) is 18.8 Å². The summed E-state index contributed by atoms with van der Waals surface area (Å²) in [7, 11) is 0. The molecular formula is C20H26N4O2S. The molecule has 1 amide bonds. The Labute approximate surface area is 164 Å². The van der Waals surface area contributed by atoms with Gasteiger partial charge in [0, 0.05) is 19.0 Å². The third-order valence-corrected chi connectivity index (χ3v) is 5.92. The van der Waals surface area contributed by atoms with E-state index in [2.05, 4.69) is 26.9 Å². The van der Waals surface area contributed by atoms with Crippen LogP contribution in [-0.4, -0.2) is 56.6 Å². The van der Waals surface area contributed by atoms with Crippen LogP contribution in [0.5, 0.6) is 0 Å². The molecule has 0 unspecified atom stereocenters. The van der Waals surface area contributed by atoms with Crippen LogP contribution < -0.4 is 0 Å². The van der Waals surface area contributed by atoms with Gasteiger partial charge in [0.25, 0.3) is 0 Å². The lowest BCUT2D eigenvalue weighted by Gasteiger charge is -2.35. The van der Waals surface area contributed by atoms with Gasteiger partial charge in [0.15, 0.2) is 5.16 Å². The molecule has 0 N–H and O–H groups in total. The molecule has 1 saturated carbocycles. The van der Waals surface area contributed by atoms with Gasteiger partial charge in [-0.2, -0.15) is 0 Å². The van der Waals surface area contributed by atoms with Crippen LogP contribution in [0.2, 0.25) is 0 Å². The summed E-state index contributed by atoms with van der Waals surface area (Å²) < 4.78 is 7.91. The summed E-state index contributed by atoms with van der Waals surface area (Å²) in [5.74, 6) is 2.11. The number of ether oxygens (including phenoxy) is 1. The van der Waals surface area contributed by atoms with E-state index in [0.717, 1.165) is 17.5 Å². The van der Waals surface area contributed by atoms with Gasteiger partial charge >= 0.3 is 0 Å². The first kappa shape index (κ1) is 18.5. The van der Waals surface area contributed by atoms with Gasteiger partial charge in [-0.15, -0.1) is 10.2 Å². The lowest BCUT2D eigenvalue weighted by atomic mass is 10.2. The van der Waals surface area contributed by atoms with Gasteiger partial charge in [-0.3, -0.25) is 4.79 Å². The Bertz CT molecular complexity index is 781. The third-order valence-electron chi connectivity index (χ3n) is 4.97. The number of nitrogens with zero attached hydrogens (tertiary/aromatic N) is 4. The predicted octanol–water partition coefficient (Wildman–Crippen LogP) is 2.93. The second-order valence-electron chi connectivity index (χ2n) is 7.53. The van der Waals surface area contributed by atoms with Crippen molar-refractivity contribution in [3.05, 3.63) is 41.7 Å². The molecule has 1 aromatic carbocycles. The highest BCUT2D eigenvalue weighted by Crippen LogP contribution is 2.40. The number of benzene rings is 1. The highest BCUT2D eigenvalue weighted by atomic mass is 32.2. The fraction of sp³-hybridized carbons (Fsp3) is 0.550. The minimum Gasteiger partial charge on any atom is -0.372 e. The summed E-state index contributed by atoms with van der Waals surface area (Å²) in [5.41, 5.74) is 1.23. The molecule has 1 aliphatic carbocycles. The van der Waals surface area contributed by atoms with E-state index >= 15 is 0 Å². The summed E-state index contributed by atoms with van der Waals surface area (Å²) in [6, 6.07) is 10.4. The number of hydrogen-bond acceptors (Lipinski definition) is 5. The Kier molecular flexibility index (Phi) is 5.50. The van der Waals surface area contributed by atoms with Gasteiger partial charge in [-0.25, -0.2) is 0 Å². The molecule has 2 aliphatic rings. The fourth-order valence-electron chi connectivity index (χ4n) is 3.56. The molecule has 0 bridgehead atoms. The van der Waals surface area contributed by atoms with Crippen molar-refractivity contribution in [3.63, 3.8) is 0 Å². The average Bonchev–Trinajstić information content (AvgIpc) is 3.42. The molecule has 144 valence electrons. The topological polar surface area (TPSA) is 60.2 Å². The van der Waals surface area contributed by atoms with Crippen LogP contribution in [-0.2, 0) is 16.1 Å². The monoisotopic (exact) mass is 386 g/mol. The average molecular weight is 387 g/mol. The first-order chi connectivity index (χ1) is 13.1. The maximum Gasteiger partial charge on any atom is 0.233 e. The van der Waals surface area contributed by atoms with Gasteiger partial charge in [-0.05, 0) is 32.3 Å². The number of aromatic nitrogens is 3. The van der Waals surface area contributed by atoms with Crippen molar-refractivity contribution in [3.8, 4) is 0 Å². The number of morpholine rings is 1. The minimum absolute atomic E-state index is 0.0888. The summed E-state index contributed by atoms with van der Waals surface area (Å²) in [4.78, 5) is 14.6. The van der Waals surface area contributed by atoms with Crippen molar-refractivity contribution in [1.82, 2.24) is 19.7 Å². The second kappa shape index (κ2) is 8.02. The van der Waals surface area contributed by atoms with Crippen molar-refractivity contribution in [1.29, 1.82) is 0 Å². The van der Waals surface area contributed by atoms with Crippen molar-refractivity contribution in [2.24, 2.45) is 0 Å². The van der Waals surface area contributed by atoms with Gasteiger partial charge in [0.1, 0.15) is 5.82 Å². The van der Waals surface area contributed by atoms with E-state index in [1.807, 2.05) is 36.9 Å². The molecule has 7 heteroatoms. The van der Waals surface area contributed by atoms with Crippen LogP contribution in [0, 0.1) is 0 Å². The predicted molar refractivity (Wildman–Crippen MR) is 105 cm³/mol. The molecule has 1 aromatic heterocycles. The van der Waals surface area contributed by atoms with Crippen LogP contribution >= 0.6 is 11.8 Å². The lowest BCUT2D eigenvalue weighted by molar-refractivity contribution is -0.140. The van der Waals surface area contributed by atoms with E-state index in [1.54, 1.807) is 0 Å². The minimum atomic E-state index is 0.0888. The molecule has 6 nitrogen and oxygen atoms in total. The number of rotatable bonds is 6. The summed E-state index contributed by atoms with van der Waals surface area (Å²) in [6.07, 6.45) is 2.54. The maximum atomic E-state index is 12.7. The second-order valence-corrected chi connectivity index (χ2v) is 8.47. The highest BCUT2D eigenvalue weighted by Gasteiger charge is 2.31. The van der Waals surface area contributed by atoms with Crippen molar-refractivity contribution in [2.45, 2.75) is 56.5 Å². The number of hydrogen-bond donors (Lipinski definition) is 0. The van der Waals surface area contributed by atoms with Gasteiger partial charge in [0.05, 0.1) is 24.5 Å². The third kappa shape index (κ3) is 4.52. The van der Waals surface area contributed by atoms with Gasteiger partial charge in [-0.1, -0.05) is 42.1 Å². The number of carbonyl (C=O) groups excluding carboxylic acids is 1. The van der Waals surface area contributed by atoms with E-state index in [0.29, 0.717) is 24.8 Å². The molecule has 2 fully saturated rings. The van der Waals surface area contributed by atoms with Crippen LogP contribution in [0.4, 0.5) is 0 Å². The number of amides is 1. The normalized spacial score (nSPS) is 22.8. The van der Waals surface area contributed by atoms with Crippen LogP contribution in [0.1, 0.15) is 44.0 Å².